The Morgan fingerprint density at radius 3 is 2.62 bits per heavy atom. The van der Waals surface area contributed by atoms with E-state index < -0.39 is 0 Å². The molecule has 0 aliphatic carbocycles. The molecule has 0 amide bonds. The number of benzene rings is 1. The van der Waals surface area contributed by atoms with Crippen LogP contribution in [0.4, 0.5) is 11.4 Å². The Hall–Kier alpha value is -2.19. The van der Waals surface area contributed by atoms with Crippen LogP contribution >= 0.6 is 0 Å². The van der Waals surface area contributed by atoms with Crippen LogP contribution in [0.3, 0.4) is 0 Å². The molecule has 21 heavy (non-hydrogen) atoms. The van der Waals surface area contributed by atoms with Crippen LogP contribution in [0.1, 0.15) is 0 Å². The molecule has 0 bridgehead atoms. The Labute approximate surface area is 122 Å². The van der Waals surface area contributed by atoms with Gasteiger partial charge >= 0.3 is 0 Å². The van der Waals surface area contributed by atoms with E-state index in [0.717, 1.165) is 49.8 Å². The van der Waals surface area contributed by atoms with Crippen LogP contribution in [0, 0.1) is 0 Å². The first kappa shape index (κ1) is 13.8. The van der Waals surface area contributed by atoms with Crippen LogP contribution < -0.4 is 10.6 Å². The van der Waals surface area contributed by atoms with Crippen LogP contribution in [-0.2, 0) is 0 Å². The van der Waals surface area contributed by atoms with Crippen LogP contribution in [0.2, 0.25) is 0 Å². The number of nitrogen functional groups attached to an aromatic ring is 1. The minimum atomic E-state index is 0.211. The Morgan fingerprint density at radius 2 is 2.00 bits per heavy atom. The van der Waals surface area contributed by atoms with E-state index in [1.165, 1.54) is 0 Å². The Morgan fingerprint density at radius 1 is 1.19 bits per heavy atom. The molecule has 0 radical (unpaired) electrons. The van der Waals surface area contributed by atoms with Crippen LogP contribution in [-0.4, -0.2) is 69.5 Å². The average molecular weight is 289 g/mol. The van der Waals surface area contributed by atoms with E-state index in [-0.39, 0.29) is 6.61 Å². The van der Waals surface area contributed by atoms with Gasteiger partial charge in [-0.15, -0.1) is 5.10 Å². The number of β-amino-alcohol motifs (C(OH)–C–C–N with tert-alkyl or cyclic N) is 1. The lowest BCUT2D eigenvalue weighted by Gasteiger charge is -2.36. The zero-order valence-corrected chi connectivity index (χ0v) is 11.8. The molecule has 112 valence electrons. The van der Waals surface area contributed by atoms with E-state index in [9.17, 15) is 0 Å². The topological polar surface area (TPSA) is 96.3 Å². The van der Waals surface area contributed by atoms with Crippen molar-refractivity contribution in [3.63, 3.8) is 0 Å². The maximum atomic E-state index is 8.97. The molecule has 2 heterocycles. The molecule has 3 rings (SSSR count). The first-order valence-electron chi connectivity index (χ1n) is 6.99. The van der Waals surface area contributed by atoms with Crippen molar-refractivity contribution < 1.29 is 5.11 Å². The molecule has 1 aromatic carbocycles. The summed E-state index contributed by atoms with van der Waals surface area (Å²) < 4.78 is 1.58. The summed E-state index contributed by atoms with van der Waals surface area (Å²) in [6.07, 6.45) is 1.54. The van der Waals surface area contributed by atoms with E-state index in [0.29, 0.717) is 0 Å². The highest BCUT2D eigenvalue weighted by atomic mass is 16.3. The number of anilines is 2. The maximum Gasteiger partial charge on any atom is 0.143 e. The molecule has 1 aromatic heterocycles. The van der Waals surface area contributed by atoms with Gasteiger partial charge in [0.1, 0.15) is 6.33 Å². The second kappa shape index (κ2) is 6.06. The first-order valence-corrected chi connectivity index (χ1v) is 6.99. The highest BCUT2D eigenvalue weighted by Crippen LogP contribution is 2.26. The van der Waals surface area contributed by atoms with Crippen LogP contribution in [0.15, 0.2) is 24.5 Å². The lowest BCUT2D eigenvalue weighted by Crippen LogP contribution is -2.47. The van der Waals surface area contributed by atoms with Gasteiger partial charge in [0.05, 0.1) is 23.7 Å². The number of aliphatic hydroxyl groups is 1. The van der Waals surface area contributed by atoms with Gasteiger partial charge in [0.2, 0.25) is 0 Å². The number of hydrogen-bond acceptors (Lipinski definition) is 7. The average Bonchev–Trinajstić information content (AvgIpc) is 3.03. The molecule has 1 aliphatic heterocycles. The van der Waals surface area contributed by atoms with E-state index in [1.807, 2.05) is 18.2 Å². The monoisotopic (exact) mass is 289 g/mol. The van der Waals surface area contributed by atoms with Crippen molar-refractivity contribution >= 4 is 11.4 Å². The molecular weight excluding hydrogens is 270 g/mol. The summed E-state index contributed by atoms with van der Waals surface area (Å²) in [4.78, 5) is 4.52. The zero-order chi connectivity index (χ0) is 14.7. The molecule has 0 saturated carbocycles. The first-order chi connectivity index (χ1) is 10.3. The number of hydrogen-bond donors (Lipinski definition) is 2. The summed E-state index contributed by atoms with van der Waals surface area (Å²) in [5.74, 6) is 0. The molecule has 3 N–H and O–H groups in total. The molecule has 1 saturated heterocycles. The highest BCUT2D eigenvalue weighted by Gasteiger charge is 2.18. The number of aliphatic hydroxyl groups excluding tert-OH is 1. The predicted octanol–water partition coefficient (Wildman–Crippen LogP) is -0.641. The van der Waals surface area contributed by atoms with Gasteiger partial charge in [0, 0.05) is 32.7 Å². The van der Waals surface area contributed by atoms with Gasteiger partial charge in [0.25, 0.3) is 0 Å². The summed E-state index contributed by atoms with van der Waals surface area (Å²) in [6.45, 7) is 4.65. The normalized spacial score (nSPS) is 16.3. The summed E-state index contributed by atoms with van der Waals surface area (Å²) >= 11 is 0. The van der Waals surface area contributed by atoms with Crippen molar-refractivity contribution in [3.05, 3.63) is 24.5 Å². The van der Waals surface area contributed by atoms with Crippen molar-refractivity contribution in [1.29, 1.82) is 0 Å². The summed E-state index contributed by atoms with van der Waals surface area (Å²) in [7, 11) is 0. The number of rotatable bonds is 4. The van der Waals surface area contributed by atoms with Crippen molar-refractivity contribution in [2.24, 2.45) is 0 Å². The minimum Gasteiger partial charge on any atom is -0.397 e. The Balaban J connectivity index is 1.72. The van der Waals surface area contributed by atoms with Gasteiger partial charge in [-0.3, -0.25) is 4.90 Å². The van der Waals surface area contributed by atoms with E-state index in [1.54, 1.807) is 11.0 Å². The van der Waals surface area contributed by atoms with Crippen molar-refractivity contribution in [1.82, 2.24) is 25.1 Å². The number of piperazine rings is 1. The number of tetrazole rings is 1. The van der Waals surface area contributed by atoms with Crippen molar-refractivity contribution in [2.75, 3.05) is 50.0 Å². The van der Waals surface area contributed by atoms with E-state index in [2.05, 4.69) is 25.3 Å². The number of nitrogens with zero attached hydrogens (tertiary/aromatic N) is 6. The van der Waals surface area contributed by atoms with Gasteiger partial charge in [-0.1, -0.05) is 0 Å². The molecular formula is C13H19N7O. The fraction of sp³-hybridized carbons (Fsp3) is 0.462. The lowest BCUT2D eigenvalue weighted by molar-refractivity contribution is 0.189. The molecule has 0 unspecified atom stereocenters. The van der Waals surface area contributed by atoms with Crippen molar-refractivity contribution in [3.8, 4) is 5.69 Å². The van der Waals surface area contributed by atoms with Gasteiger partial charge in [-0.25, -0.2) is 4.68 Å². The van der Waals surface area contributed by atoms with E-state index >= 15 is 0 Å². The van der Waals surface area contributed by atoms with Gasteiger partial charge in [0.15, 0.2) is 0 Å². The Bertz CT molecular complexity index is 578. The van der Waals surface area contributed by atoms with Gasteiger partial charge in [-0.2, -0.15) is 0 Å². The van der Waals surface area contributed by atoms with E-state index in [4.69, 9.17) is 10.8 Å². The molecule has 1 fully saturated rings. The summed E-state index contributed by atoms with van der Waals surface area (Å²) in [5.41, 5.74) is 8.78. The van der Waals surface area contributed by atoms with Crippen molar-refractivity contribution in [2.45, 2.75) is 0 Å². The molecule has 0 atom stereocenters. The summed E-state index contributed by atoms with van der Waals surface area (Å²) in [5, 5.41) is 20.1. The third-order valence-corrected chi connectivity index (χ3v) is 3.75. The SMILES string of the molecule is Nc1cc(-n2cnnn2)ccc1N1CCN(CCO)CC1. The molecule has 8 heteroatoms. The highest BCUT2D eigenvalue weighted by molar-refractivity contribution is 5.70. The van der Waals surface area contributed by atoms with Crippen LogP contribution in [0.5, 0.6) is 0 Å². The molecule has 2 aromatic rings. The summed E-state index contributed by atoms with van der Waals surface area (Å²) in [6, 6.07) is 5.85. The fourth-order valence-electron chi connectivity index (χ4n) is 2.61. The second-order valence-corrected chi connectivity index (χ2v) is 5.05. The van der Waals surface area contributed by atoms with Crippen LogP contribution in [0.25, 0.3) is 5.69 Å². The van der Waals surface area contributed by atoms with Gasteiger partial charge in [-0.05, 0) is 28.6 Å². The fourth-order valence-corrected chi connectivity index (χ4v) is 2.61. The molecule has 8 nitrogen and oxygen atoms in total. The minimum absolute atomic E-state index is 0.211. The predicted molar refractivity (Wildman–Crippen MR) is 79.3 cm³/mol. The third-order valence-electron chi connectivity index (χ3n) is 3.75. The lowest BCUT2D eigenvalue weighted by atomic mass is 10.2. The zero-order valence-electron chi connectivity index (χ0n) is 11.8. The smallest absolute Gasteiger partial charge is 0.143 e. The molecule has 0 spiro atoms. The quantitative estimate of drug-likeness (QED) is 0.723. The van der Waals surface area contributed by atoms with Gasteiger partial charge < -0.3 is 15.7 Å². The second-order valence-electron chi connectivity index (χ2n) is 5.05. The molecule has 1 aliphatic rings. The number of aromatic nitrogens is 4. The third kappa shape index (κ3) is 2.96. The Kier molecular flexibility index (Phi) is 3.98. The number of nitrogens with two attached hydrogens (primary N) is 1. The largest absolute Gasteiger partial charge is 0.397 e. The maximum absolute atomic E-state index is 8.97. The standard InChI is InChI=1S/C13H19N7O/c14-12-9-11(20-10-15-16-17-20)1-2-13(12)19-5-3-18(4-6-19)7-8-21/h1-2,9-10,21H,3-8,14H2.